The fourth-order valence-corrected chi connectivity index (χ4v) is 1.47. The highest BCUT2D eigenvalue weighted by atomic mass is 19.1. The van der Waals surface area contributed by atoms with E-state index in [4.69, 9.17) is 0 Å². The molecule has 0 heterocycles. The summed E-state index contributed by atoms with van der Waals surface area (Å²) in [5.74, 6) is -0.213. The first kappa shape index (κ1) is 12.4. The summed E-state index contributed by atoms with van der Waals surface area (Å²) in [5.41, 5.74) is 2.22. The maximum absolute atomic E-state index is 13.3. The highest BCUT2D eigenvalue weighted by Crippen LogP contribution is 2.15. The van der Waals surface area contributed by atoms with Gasteiger partial charge in [0, 0.05) is 13.5 Å². The number of rotatable bonds is 3. The van der Waals surface area contributed by atoms with Crippen molar-refractivity contribution in [1.29, 1.82) is 0 Å². The van der Waals surface area contributed by atoms with Gasteiger partial charge in [0.15, 0.2) is 0 Å². The van der Waals surface area contributed by atoms with Crippen LogP contribution in [0.25, 0.3) is 6.08 Å². The lowest BCUT2D eigenvalue weighted by Crippen LogP contribution is -2.19. The highest BCUT2D eigenvalue weighted by molar-refractivity contribution is 5.73. The molecule has 0 fully saturated rings. The van der Waals surface area contributed by atoms with Crippen LogP contribution in [0.4, 0.5) is 4.39 Å². The van der Waals surface area contributed by atoms with E-state index in [2.05, 4.69) is 5.32 Å². The largest absolute Gasteiger partial charge is 0.353 e. The number of benzene rings is 1. The number of hydrogen-bond acceptors (Lipinski definition) is 1. The molecule has 0 aliphatic carbocycles. The van der Waals surface area contributed by atoms with E-state index in [1.165, 1.54) is 6.92 Å². The Morgan fingerprint density at radius 2 is 1.94 bits per heavy atom. The summed E-state index contributed by atoms with van der Waals surface area (Å²) in [7, 11) is 0. The van der Waals surface area contributed by atoms with E-state index in [0.717, 1.165) is 5.56 Å². The van der Waals surface area contributed by atoms with Crippen molar-refractivity contribution in [3.63, 3.8) is 0 Å². The van der Waals surface area contributed by atoms with Crippen molar-refractivity contribution in [2.45, 2.75) is 20.8 Å². The molecule has 1 aromatic carbocycles. The first-order chi connectivity index (χ1) is 7.50. The van der Waals surface area contributed by atoms with E-state index >= 15 is 0 Å². The van der Waals surface area contributed by atoms with Gasteiger partial charge in [-0.15, -0.1) is 0 Å². The second-order valence-electron chi connectivity index (χ2n) is 3.81. The average molecular weight is 221 g/mol. The molecule has 0 aliphatic heterocycles. The molecule has 1 amide bonds. The van der Waals surface area contributed by atoms with E-state index in [0.29, 0.717) is 17.7 Å². The minimum Gasteiger partial charge on any atom is -0.353 e. The first-order valence-corrected chi connectivity index (χ1v) is 5.18. The molecule has 0 aliphatic rings. The minimum absolute atomic E-state index is 0.0592. The molecule has 0 atom stereocenters. The smallest absolute Gasteiger partial charge is 0.217 e. The van der Waals surface area contributed by atoms with Crippen LogP contribution in [0.1, 0.15) is 23.6 Å². The first-order valence-electron chi connectivity index (χ1n) is 5.18. The van der Waals surface area contributed by atoms with Gasteiger partial charge in [0.05, 0.1) is 0 Å². The van der Waals surface area contributed by atoms with Crippen molar-refractivity contribution in [2.24, 2.45) is 0 Å². The normalized spacial score (nSPS) is 10.8. The Balaban J connectivity index is 2.71. The summed E-state index contributed by atoms with van der Waals surface area (Å²) in [6.07, 6.45) is 3.71. The lowest BCUT2D eigenvalue weighted by molar-refractivity contribution is -0.118. The summed E-state index contributed by atoms with van der Waals surface area (Å²) in [6.45, 7) is 5.45. The van der Waals surface area contributed by atoms with Gasteiger partial charge >= 0.3 is 0 Å². The molecule has 0 radical (unpaired) electrons. The number of aryl methyl sites for hydroxylation is 2. The van der Waals surface area contributed by atoms with Crippen LogP contribution in [-0.4, -0.2) is 12.5 Å². The number of halogens is 1. The van der Waals surface area contributed by atoms with Crippen LogP contribution >= 0.6 is 0 Å². The van der Waals surface area contributed by atoms with Crippen LogP contribution in [0.15, 0.2) is 18.2 Å². The van der Waals surface area contributed by atoms with Gasteiger partial charge in [0.25, 0.3) is 0 Å². The predicted octanol–water partition coefficient (Wildman–Crippen LogP) is 2.59. The van der Waals surface area contributed by atoms with Crippen LogP contribution in [0.3, 0.4) is 0 Å². The van der Waals surface area contributed by atoms with Gasteiger partial charge in [-0.2, -0.15) is 0 Å². The number of nitrogens with one attached hydrogen (secondary N) is 1. The molecule has 0 saturated carbocycles. The Labute approximate surface area is 95.2 Å². The van der Waals surface area contributed by atoms with Gasteiger partial charge in [-0.1, -0.05) is 12.2 Å². The molecule has 1 rings (SSSR count). The van der Waals surface area contributed by atoms with E-state index in [1.807, 2.05) is 12.2 Å². The molecule has 1 N–H and O–H groups in total. The SMILES string of the molecule is CC(=O)NCC=Cc1cc(C)c(F)c(C)c1. The van der Waals surface area contributed by atoms with Crippen LogP contribution in [0.5, 0.6) is 0 Å². The van der Waals surface area contributed by atoms with Crippen molar-refractivity contribution in [1.82, 2.24) is 5.32 Å². The van der Waals surface area contributed by atoms with Crippen LogP contribution < -0.4 is 5.32 Å². The van der Waals surface area contributed by atoms with Crippen molar-refractivity contribution in [3.05, 3.63) is 40.7 Å². The fraction of sp³-hybridized carbons (Fsp3) is 0.308. The molecule has 0 unspecified atom stereocenters. The van der Waals surface area contributed by atoms with Crippen LogP contribution in [0, 0.1) is 19.7 Å². The Bertz CT molecular complexity index is 401. The quantitative estimate of drug-likeness (QED) is 0.835. The van der Waals surface area contributed by atoms with Crippen molar-refractivity contribution >= 4 is 12.0 Å². The number of carbonyl (C=O) groups excluding carboxylic acids is 1. The van der Waals surface area contributed by atoms with Gasteiger partial charge in [0.1, 0.15) is 5.82 Å². The highest BCUT2D eigenvalue weighted by Gasteiger charge is 2.01. The molecule has 2 nitrogen and oxygen atoms in total. The van der Waals surface area contributed by atoms with Gasteiger partial charge < -0.3 is 5.32 Å². The Kier molecular flexibility index (Phi) is 4.23. The topological polar surface area (TPSA) is 29.1 Å². The summed E-state index contributed by atoms with van der Waals surface area (Å²) in [6, 6.07) is 3.57. The zero-order chi connectivity index (χ0) is 12.1. The molecular formula is C13H16FNO. The summed E-state index contributed by atoms with van der Waals surface area (Å²) < 4.78 is 13.3. The van der Waals surface area contributed by atoms with Crippen molar-refractivity contribution in [3.8, 4) is 0 Å². The van der Waals surface area contributed by atoms with E-state index in [-0.39, 0.29) is 11.7 Å². The average Bonchev–Trinajstić information content (AvgIpc) is 2.20. The molecule has 0 bridgehead atoms. The van der Waals surface area contributed by atoms with Crippen molar-refractivity contribution in [2.75, 3.05) is 6.54 Å². The second kappa shape index (κ2) is 5.45. The second-order valence-corrected chi connectivity index (χ2v) is 3.81. The maximum atomic E-state index is 13.3. The molecule has 0 aromatic heterocycles. The van der Waals surface area contributed by atoms with E-state index < -0.39 is 0 Å². The number of carbonyl (C=O) groups is 1. The van der Waals surface area contributed by atoms with Gasteiger partial charge in [-0.3, -0.25) is 4.79 Å². The third-order valence-electron chi connectivity index (χ3n) is 2.24. The number of amides is 1. The van der Waals surface area contributed by atoms with Crippen molar-refractivity contribution < 1.29 is 9.18 Å². The van der Waals surface area contributed by atoms with Crippen LogP contribution in [-0.2, 0) is 4.79 Å². The molecule has 1 aromatic rings. The Morgan fingerprint density at radius 3 is 2.44 bits per heavy atom. The fourth-order valence-electron chi connectivity index (χ4n) is 1.47. The van der Waals surface area contributed by atoms with Crippen LogP contribution in [0.2, 0.25) is 0 Å². The zero-order valence-corrected chi connectivity index (χ0v) is 9.80. The summed E-state index contributed by atoms with van der Waals surface area (Å²) in [5, 5.41) is 2.66. The van der Waals surface area contributed by atoms with Gasteiger partial charge in [-0.25, -0.2) is 4.39 Å². The third kappa shape index (κ3) is 3.50. The molecule has 0 spiro atoms. The maximum Gasteiger partial charge on any atom is 0.217 e. The molecule has 3 heteroatoms. The molecule has 16 heavy (non-hydrogen) atoms. The summed E-state index contributed by atoms with van der Waals surface area (Å²) >= 11 is 0. The third-order valence-corrected chi connectivity index (χ3v) is 2.24. The zero-order valence-electron chi connectivity index (χ0n) is 9.80. The van der Waals surface area contributed by atoms with Gasteiger partial charge in [0.2, 0.25) is 5.91 Å². The molecule has 86 valence electrons. The Morgan fingerprint density at radius 1 is 1.38 bits per heavy atom. The van der Waals surface area contributed by atoms with E-state index in [1.54, 1.807) is 26.0 Å². The monoisotopic (exact) mass is 221 g/mol. The lowest BCUT2D eigenvalue weighted by atomic mass is 10.1. The minimum atomic E-state index is -0.154. The predicted molar refractivity (Wildman–Crippen MR) is 63.6 cm³/mol. The molecular weight excluding hydrogens is 205 g/mol. The number of hydrogen-bond donors (Lipinski definition) is 1. The summed E-state index contributed by atoms with van der Waals surface area (Å²) in [4.78, 5) is 10.6. The Hall–Kier alpha value is -1.64. The van der Waals surface area contributed by atoms with E-state index in [9.17, 15) is 9.18 Å². The lowest BCUT2D eigenvalue weighted by Gasteiger charge is -2.03. The van der Waals surface area contributed by atoms with Gasteiger partial charge in [-0.05, 0) is 42.7 Å². The standard InChI is InChI=1S/C13H16FNO/c1-9-7-12(8-10(2)13(9)14)5-4-6-15-11(3)16/h4-5,7-8H,6H2,1-3H3,(H,15,16). The molecule has 0 saturated heterocycles.